The molecule has 0 amide bonds. The van der Waals surface area contributed by atoms with Crippen LogP contribution in [-0.2, 0) is 6.54 Å². The maximum Gasteiger partial charge on any atom is 0.123 e. The van der Waals surface area contributed by atoms with Crippen LogP contribution in [-0.4, -0.2) is 6.54 Å². The van der Waals surface area contributed by atoms with E-state index >= 15 is 0 Å². The number of benzene rings is 1. The van der Waals surface area contributed by atoms with E-state index in [9.17, 15) is 4.39 Å². The summed E-state index contributed by atoms with van der Waals surface area (Å²) in [5.41, 5.74) is 1.15. The fraction of sp³-hybridized carbons (Fsp3) is 0.600. The van der Waals surface area contributed by atoms with Gasteiger partial charge >= 0.3 is 0 Å². The van der Waals surface area contributed by atoms with Gasteiger partial charge in [0, 0.05) is 6.54 Å². The first kappa shape index (κ1) is 14.2. The van der Waals surface area contributed by atoms with E-state index in [0.717, 1.165) is 24.6 Å². The van der Waals surface area contributed by atoms with Gasteiger partial charge < -0.3 is 5.32 Å². The minimum atomic E-state index is -0.164. The van der Waals surface area contributed by atoms with Gasteiger partial charge in [-0.05, 0) is 36.6 Å². The third kappa shape index (κ3) is 5.83. The Hall–Kier alpha value is -0.890. The van der Waals surface area contributed by atoms with Gasteiger partial charge in [0.1, 0.15) is 5.82 Å². The maximum atomic E-state index is 12.7. The number of nitrogens with one attached hydrogen (secondary N) is 1. The first-order chi connectivity index (χ1) is 8.26. The molecule has 1 aromatic carbocycles. The highest BCUT2D eigenvalue weighted by atomic mass is 19.1. The number of halogens is 1. The monoisotopic (exact) mass is 237 g/mol. The Balaban J connectivity index is 2.23. The summed E-state index contributed by atoms with van der Waals surface area (Å²) in [5.74, 6) is 0.610. The van der Waals surface area contributed by atoms with Crippen LogP contribution >= 0.6 is 0 Å². The molecule has 1 rings (SSSR count). The predicted octanol–water partition coefficient (Wildman–Crippen LogP) is 4.13. The van der Waals surface area contributed by atoms with Gasteiger partial charge in [0.25, 0.3) is 0 Å². The van der Waals surface area contributed by atoms with Gasteiger partial charge in [0.05, 0.1) is 0 Å². The van der Waals surface area contributed by atoms with E-state index in [1.54, 1.807) is 0 Å². The van der Waals surface area contributed by atoms with Gasteiger partial charge in [0.15, 0.2) is 0 Å². The van der Waals surface area contributed by atoms with Crippen molar-refractivity contribution in [2.75, 3.05) is 6.54 Å². The van der Waals surface area contributed by atoms with E-state index in [2.05, 4.69) is 19.2 Å². The van der Waals surface area contributed by atoms with Crippen LogP contribution in [0.2, 0.25) is 0 Å². The van der Waals surface area contributed by atoms with Crippen LogP contribution < -0.4 is 5.32 Å². The molecular weight excluding hydrogens is 213 g/mol. The smallest absolute Gasteiger partial charge is 0.123 e. The standard InChI is InChI=1S/C15H24FN/c1-3-5-6-13(4-2)11-17-12-14-7-9-15(16)10-8-14/h7-10,13,17H,3-6,11-12H2,1-2H3. The van der Waals surface area contributed by atoms with Crippen molar-refractivity contribution in [2.45, 2.75) is 46.1 Å². The Morgan fingerprint density at radius 3 is 2.47 bits per heavy atom. The van der Waals surface area contributed by atoms with Gasteiger partial charge in [-0.1, -0.05) is 45.2 Å². The quantitative estimate of drug-likeness (QED) is 0.716. The average molecular weight is 237 g/mol. The molecule has 0 radical (unpaired) electrons. The second-order valence-electron chi connectivity index (χ2n) is 4.67. The van der Waals surface area contributed by atoms with Crippen molar-refractivity contribution < 1.29 is 4.39 Å². The third-order valence-corrected chi connectivity index (χ3v) is 3.22. The Morgan fingerprint density at radius 1 is 1.18 bits per heavy atom. The van der Waals surface area contributed by atoms with E-state index in [1.807, 2.05) is 12.1 Å². The third-order valence-electron chi connectivity index (χ3n) is 3.22. The molecule has 1 aromatic rings. The van der Waals surface area contributed by atoms with E-state index in [1.165, 1.54) is 37.8 Å². The molecule has 0 spiro atoms. The van der Waals surface area contributed by atoms with E-state index in [-0.39, 0.29) is 5.82 Å². The Morgan fingerprint density at radius 2 is 1.88 bits per heavy atom. The molecule has 0 aromatic heterocycles. The second-order valence-corrected chi connectivity index (χ2v) is 4.67. The lowest BCUT2D eigenvalue weighted by atomic mass is 9.99. The van der Waals surface area contributed by atoms with Crippen molar-refractivity contribution in [3.8, 4) is 0 Å². The molecule has 0 aliphatic rings. The largest absolute Gasteiger partial charge is 0.312 e. The first-order valence-electron chi connectivity index (χ1n) is 6.71. The van der Waals surface area contributed by atoms with Crippen LogP contribution in [0.15, 0.2) is 24.3 Å². The van der Waals surface area contributed by atoms with Crippen molar-refractivity contribution in [3.05, 3.63) is 35.6 Å². The van der Waals surface area contributed by atoms with Gasteiger partial charge in [-0.3, -0.25) is 0 Å². The molecule has 0 aliphatic carbocycles. The highest BCUT2D eigenvalue weighted by Crippen LogP contribution is 2.11. The summed E-state index contributed by atoms with van der Waals surface area (Å²) in [5, 5.41) is 3.46. The molecule has 0 saturated heterocycles. The molecule has 1 atom stereocenters. The van der Waals surface area contributed by atoms with Crippen LogP contribution in [0.4, 0.5) is 4.39 Å². The zero-order valence-electron chi connectivity index (χ0n) is 11.0. The van der Waals surface area contributed by atoms with Crippen LogP contribution in [0.1, 0.15) is 45.1 Å². The SMILES string of the molecule is CCCCC(CC)CNCc1ccc(F)cc1. The number of unbranched alkanes of at least 4 members (excludes halogenated alkanes) is 1. The molecule has 96 valence electrons. The molecule has 0 fully saturated rings. The van der Waals surface area contributed by atoms with Crippen molar-refractivity contribution >= 4 is 0 Å². The predicted molar refractivity (Wildman–Crippen MR) is 71.4 cm³/mol. The van der Waals surface area contributed by atoms with Crippen molar-refractivity contribution in [1.82, 2.24) is 5.32 Å². The number of hydrogen-bond acceptors (Lipinski definition) is 1. The van der Waals surface area contributed by atoms with Gasteiger partial charge in [-0.25, -0.2) is 4.39 Å². The Kier molecular flexibility index (Phi) is 6.87. The summed E-state index contributed by atoms with van der Waals surface area (Å²) < 4.78 is 12.7. The van der Waals surface area contributed by atoms with Gasteiger partial charge in [-0.2, -0.15) is 0 Å². The molecular formula is C15H24FN. The highest BCUT2D eigenvalue weighted by molar-refractivity contribution is 5.15. The van der Waals surface area contributed by atoms with Crippen molar-refractivity contribution in [1.29, 1.82) is 0 Å². The summed E-state index contributed by atoms with van der Waals surface area (Å²) in [6.45, 7) is 6.38. The van der Waals surface area contributed by atoms with Gasteiger partial charge in [-0.15, -0.1) is 0 Å². The van der Waals surface area contributed by atoms with Crippen LogP contribution in [0.3, 0.4) is 0 Å². The second kappa shape index (κ2) is 8.24. The molecule has 0 aliphatic heterocycles. The van der Waals surface area contributed by atoms with E-state index in [0.29, 0.717) is 0 Å². The fourth-order valence-corrected chi connectivity index (χ4v) is 1.97. The Bertz CT molecular complexity index is 294. The number of rotatable bonds is 8. The molecule has 0 saturated carbocycles. The summed E-state index contributed by atoms with van der Waals surface area (Å²) in [6, 6.07) is 6.72. The molecule has 1 N–H and O–H groups in total. The topological polar surface area (TPSA) is 12.0 Å². The first-order valence-corrected chi connectivity index (χ1v) is 6.71. The zero-order chi connectivity index (χ0) is 12.5. The lowest BCUT2D eigenvalue weighted by Crippen LogP contribution is -2.22. The van der Waals surface area contributed by atoms with E-state index in [4.69, 9.17) is 0 Å². The van der Waals surface area contributed by atoms with Crippen LogP contribution in [0.5, 0.6) is 0 Å². The minimum absolute atomic E-state index is 0.164. The maximum absolute atomic E-state index is 12.7. The van der Waals surface area contributed by atoms with Gasteiger partial charge in [0.2, 0.25) is 0 Å². The summed E-state index contributed by atoms with van der Waals surface area (Å²) in [7, 11) is 0. The zero-order valence-corrected chi connectivity index (χ0v) is 11.0. The molecule has 1 nitrogen and oxygen atoms in total. The number of hydrogen-bond donors (Lipinski definition) is 1. The van der Waals surface area contributed by atoms with Crippen LogP contribution in [0, 0.1) is 11.7 Å². The molecule has 2 heteroatoms. The molecule has 1 unspecified atom stereocenters. The fourth-order valence-electron chi connectivity index (χ4n) is 1.97. The average Bonchev–Trinajstić information content (AvgIpc) is 2.36. The Labute approximate surface area is 104 Å². The molecule has 17 heavy (non-hydrogen) atoms. The lowest BCUT2D eigenvalue weighted by Gasteiger charge is -2.15. The lowest BCUT2D eigenvalue weighted by molar-refractivity contribution is 0.419. The summed E-state index contributed by atoms with van der Waals surface area (Å²) in [4.78, 5) is 0. The van der Waals surface area contributed by atoms with E-state index < -0.39 is 0 Å². The molecule has 0 heterocycles. The van der Waals surface area contributed by atoms with Crippen molar-refractivity contribution in [2.24, 2.45) is 5.92 Å². The molecule has 0 bridgehead atoms. The summed E-state index contributed by atoms with van der Waals surface area (Å²) in [6.07, 6.45) is 5.13. The normalized spacial score (nSPS) is 12.6. The van der Waals surface area contributed by atoms with Crippen LogP contribution in [0.25, 0.3) is 0 Å². The highest BCUT2D eigenvalue weighted by Gasteiger charge is 2.04. The minimum Gasteiger partial charge on any atom is -0.312 e. The van der Waals surface area contributed by atoms with Crippen molar-refractivity contribution in [3.63, 3.8) is 0 Å². The summed E-state index contributed by atoms with van der Waals surface area (Å²) >= 11 is 0.